The molecule has 1 aliphatic rings. The van der Waals surface area contributed by atoms with Gasteiger partial charge in [-0.1, -0.05) is 6.92 Å². The molecule has 7 nitrogen and oxygen atoms in total. The van der Waals surface area contributed by atoms with Crippen molar-refractivity contribution in [2.45, 2.75) is 45.8 Å². The van der Waals surface area contributed by atoms with Crippen molar-refractivity contribution >= 4 is 11.9 Å². The predicted octanol–water partition coefficient (Wildman–Crippen LogP) is 1.60. The summed E-state index contributed by atoms with van der Waals surface area (Å²) in [5.41, 5.74) is 0. The number of hydrogen-bond donors (Lipinski definition) is 2. The molecule has 2 N–H and O–H groups in total. The molecule has 0 radical (unpaired) electrons. The van der Waals surface area contributed by atoms with Crippen LogP contribution in [-0.4, -0.2) is 58.7 Å². The Bertz CT molecular complexity index is 453. The second-order valence-electron chi connectivity index (χ2n) is 5.49. The Kier molecular flexibility index (Phi) is 5.55. The second-order valence-corrected chi connectivity index (χ2v) is 5.49. The molecule has 0 saturated carbocycles. The average Bonchev–Trinajstić information content (AvgIpc) is 2.91. The number of hydrogen-bond acceptors (Lipinski definition) is 7. The highest BCUT2D eigenvalue weighted by molar-refractivity contribution is 5.35. The lowest BCUT2D eigenvalue weighted by Gasteiger charge is -2.23. The van der Waals surface area contributed by atoms with Gasteiger partial charge in [0.25, 0.3) is 0 Å². The quantitative estimate of drug-likeness (QED) is 0.791. The van der Waals surface area contributed by atoms with Crippen LogP contribution in [0.25, 0.3) is 0 Å². The van der Waals surface area contributed by atoms with Crippen molar-refractivity contribution < 1.29 is 4.74 Å². The zero-order chi connectivity index (χ0) is 15.2. The van der Waals surface area contributed by atoms with Gasteiger partial charge in [-0.25, -0.2) is 0 Å². The molecule has 1 aromatic rings. The van der Waals surface area contributed by atoms with Gasteiger partial charge >= 0.3 is 6.01 Å². The molecule has 1 saturated heterocycles. The molecule has 1 aromatic heterocycles. The average molecular weight is 294 g/mol. The molecular formula is C14H26N6O. The van der Waals surface area contributed by atoms with Gasteiger partial charge in [0.2, 0.25) is 11.9 Å². The number of ether oxygens (including phenoxy) is 1. The second kappa shape index (κ2) is 7.40. The first-order valence-electron chi connectivity index (χ1n) is 7.70. The Morgan fingerprint density at radius 2 is 2.05 bits per heavy atom. The van der Waals surface area contributed by atoms with Gasteiger partial charge < -0.3 is 15.4 Å². The lowest BCUT2D eigenvalue weighted by atomic mass is 10.2. The standard InChI is InChI=1S/C14H26N6O/c1-5-20-8-6-7-11(20)9-16-13-17-12(15-4)18-14(19-13)21-10(2)3/h10-11H,5-9H2,1-4H3,(H2,15,16,17,18,19). The first-order chi connectivity index (χ1) is 10.1. The lowest BCUT2D eigenvalue weighted by Crippen LogP contribution is -2.35. The van der Waals surface area contributed by atoms with Crippen LogP contribution in [0.5, 0.6) is 6.01 Å². The molecule has 0 amide bonds. The van der Waals surface area contributed by atoms with E-state index in [9.17, 15) is 0 Å². The minimum Gasteiger partial charge on any atom is -0.461 e. The summed E-state index contributed by atoms with van der Waals surface area (Å²) in [5.74, 6) is 1.08. The van der Waals surface area contributed by atoms with Crippen molar-refractivity contribution in [3.05, 3.63) is 0 Å². The molecule has 1 atom stereocenters. The van der Waals surface area contributed by atoms with E-state index in [-0.39, 0.29) is 6.10 Å². The van der Waals surface area contributed by atoms with Crippen molar-refractivity contribution in [3.63, 3.8) is 0 Å². The number of aromatic nitrogens is 3. The van der Waals surface area contributed by atoms with Gasteiger partial charge in [-0.3, -0.25) is 4.90 Å². The zero-order valence-electron chi connectivity index (χ0n) is 13.4. The van der Waals surface area contributed by atoms with Crippen molar-refractivity contribution in [1.29, 1.82) is 0 Å². The van der Waals surface area contributed by atoms with E-state index in [1.165, 1.54) is 19.4 Å². The summed E-state index contributed by atoms with van der Waals surface area (Å²) in [5, 5.41) is 6.25. The van der Waals surface area contributed by atoms with Crippen molar-refractivity contribution in [3.8, 4) is 6.01 Å². The van der Waals surface area contributed by atoms with E-state index in [0.717, 1.165) is 13.1 Å². The Hall–Kier alpha value is -1.63. The maximum absolute atomic E-state index is 5.56. The molecule has 118 valence electrons. The number of likely N-dealkylation sites (tertiary alicyclic amines) is 1. The largest absolute Gasteiger partial charge is 0.461 e. The highest BCUT2D eigenvalue weighted by Gasteiger charge is 2.22. The van der Waals surface area contributed by atoms with Crippen LogP contribution >= 0.6 is 0 Å². The summed E-state index contributed by atoms with van der Waals surface area (Å²) in [4.78, 5) is 15.3. The van der Waals surface area contributed by atoms with Gasteiger partial charge in [0.05, 0.1) is 6.10 Å². The SMILES string of the molecule is CCN1CCCC1CNc1nc(NC)nc(OC(C)C)n1. The normalized spacial score (nSPS) is 19.0. The molecule has 7 heteroatoms. The number of rotatable bonds is 7. The zero-order valence-corrected chi connectivity index (χ0v) is 13.4. The van der Waals surface area contributed by atoms with Gasteiger partial charge in [0.15, 0.2) is 0 Å². The molecule has 0 bridgehead atoms. The summed E-state index contributed by atoms with van der Waals surface area (Å²) in [6.07, 6.45) is 2.52. The van der Waals surface area contributed by atoms with Crippen LogP contribution in [0.15, 0.2) is 0 Å². The number of likely N-dealkylation sites (N-methyl/N-ethyl adjacent to an activating group) is 1. The van der Waals surface area contributed by atoms with Gasteiger partial charge in [-0.05, 0) is 39.8 Å². The van der Waals surface area contributed by atoms with Crippen LogP contribution in [0.1, 0.15) is 33.6 Å². The Balaban J connectivity index is 2.01. The van der Waals surface area contributed by atoms with E-state index in [1.807, 2.05) is 13.8 Å². The highest BCUT2D eigenvalue weighted by atomic mass is 16.5. The Morgan fingerprint density at radius 1 is 1.29 bits per heavy atom. The van der Waals surface area contributed by atoms with Gasteiger partial charge in [0, 0.05) is 19.6 Å². The molecular weight excluding hydrogens is 268 g/mol. The predicted molar refractivity (Wildman–Crippen MR) is 83.9 cm³/mol. The van der Waals surface area contributed by atoms with Crippen LogP contribution in [0.4, 0.5) is 11.9 Å². The molecule has 1 fully saturated rings. The summed E-state index contributed by atoms with van der Waals surface area (Å²) in [6, 6.07) is 0.907. The fraction of sp³-hybridized carbons (Fsp3) is 0.786. The fourth-order valence-corrected chi connectivity index (χ4v) is 2.56. The molecule has 0 spiro atoms. The minimum absolute atomic E-state index is 0.0374. The van der Waals surface area contributed by atoms with E-state index >= 15 is 0 Å². The fourth-order valence-electron chi connectivity index (χ4n) is 2.56. The molecule has 1 unspecified atom stereocenters. The first kappa shape index (κ1) is 15.8. The maximum atomic E-state index is 5.56. The van der Waals surface area contributed by atoms with Gasteiger partial charge in [0.1, 0.15) is 0 Å². The topological polar surface area (TPSA) is 75.2 Å². The molecule has 2 heterocycles. The van der Waals surface area contributed by atoms with Crippen molar-refractivity contribution in [1.82, 2.24) is 19.9 Å². The monoisotopic (exact) mass is 294 g/mol. The summed E-state index contributed by atoms with van der Waals surface area (Å²) in [7, 11) is 1.79. The minimum atomic E-state index is 0.0374. The Morgan fingerprint density at radius 3 is 2.71 bits per heavy atom. The third-order valence-corrected chi connectivity index (χ3v) is 3.58. The smallest absolute Gasteiger partial charge is 0.323 e. The highest BCUT2D eigenvalue weighted by Crippen LogP contribution is 2.18. The van der Waals surface area contributed by atoms with E-state index in [4.69, 9.17) is 4.74 Å². The van der Waals surface area contributed by atoms with Crippen LogP contribution in [0.2, 0.25) is 0 Å². The number of nitrogens with zero attached hydrogens (tertiary/aromatic N) is 4. The van der Waals surface area contributed by atoms with E-state index in [2.05, 4.69) is 37.4 Å². The van der Waals surface area contributed by atoms with E-state index in [1.54, 1.807) is 7.05 Å². The molecule has 2 rings (SSSR count). The summed E-state index contributed by atoms with van der Waals surface area (Å²) in [6.45, 7) is 9.23. The lowest BCUT2D eigenvalue weighted by molar-refractivity contribution is 0.222. The number of nitrogens with one attached hydrogen (secondary N) is 2. The van der Waals surface area contributed by atoms with Crippen LogP contribution in [0.3, 0.4) is 0 Å². The summed E-state index contributed by atoms with van der Waals surface area (Å²) >= 11 is 0. The summed E-state index contributed by atoms with van der Waals surface area (Å²) < 4.78 is 5.56. The Labute approximate surface area is 126 Å². The van der Waals surface area contributed by atoms with Crippen molar-refractivity contribution in [2.75, 3.05) is 37.3 Å². The van der Waals surface area contributed by atoms with Crippen LogP contribution in [0, 0.1) is 0 Å². The first-order valence-corrected chi connectivity index (χ1v) is 7.70. The molecule has 21 heavy (non-hydrogen) atoms. The van der Waals surface area contributed by atoms with Crippen molar-refractivity contribution in [2.24, 2.45) is 0 Å². The molecule has 0 aromatic carbocycles. The van der Waals surface area contributed by atoms with Gasteiger partial charge in [-0.15, -0.1) is 0 Å². The van der Waals surface area contributed by atoms with Crippen LogP contribution in [-0.2, 0) is 0 Å². The third-order valence-electron chi connectivity index (χ3n) is 3.58. The van der Waals surface area contributed by atoms with E-state index in [0.29, 0.717) is 23.9 Å². The third kappa shape index (κ3) is 4.42. The molecule has 0 aliphatic carbocycles. The number of anilines is 2. The van der Waals surface area contributed by atoms with Gasteiger partial charge in [-0.2, -0.15) is 15.0 Å². The maximum Gasteiger partial charge on any atom is 0.323 e. The molecule has 1 aliphatic heterocycles. The van der Waals surface area contributed by atoms with Crippen LogP contribution < -0.4 is 15.4 Å². The van der Waals surface area contributed by atoms with E-state index < -0.39 is 0 Å².